The fourth-order valence-corrected chi connectivity index (χ4v) is 3.71. The van der Waals surface area contributed by atoms with Crippen molar-refractivity contribution in [3.63, 3.8) is 0 Å². The Morgan fingerprint density at radius 1 is 1.24 bits per heavy atom. The van der Waals surface area contributed by atoms with E-state index in [0.29, 0.717) is 0 Å². The molecule has 2 aliphatic rings. The first-order valence-electron chi connectivity index (χ1n) is 8.66. The largest absolute Gasteiger partial charge is 0.497 e. The molecule has 0 aromatic heterocycles. The molecule has 0 saturated carbocycles. The zero-order chi connectivity index (χ0) is 17.4. The molecule has 0 radical (unpaired) electrons. The summed E-state index contributed by atoms with van der Waals surface area (Å²) < 4.78 is 11.5. The number of nitrogens with zero attached hydrogens (tertiary/aromatic N) is 2. The number of hydrogen-bond donors (Lipinski definition) is 0. The lowest BCUT2D eigenvalue weighted by molar-refractivity contribution is -0.0223. The SMILES string of the molecule is CCC[C@H]1Oc2ccc(Cl)cc2[C@H]2CC(c3ccc(OC)cc3)=NN21. The molecule has 4 nitrogen and oxygen atoms in total. The number of fused-ring (bicyclic) bond motifs is 3. The van der Waals surface area contributed by atoms with Crippen LogP contribution in [0.1, 0.15) is 43.4 Å². The average Bonchev–Trinajstić information content (AvgIpc) is 3.08. The molecule has 0 N–H and O–H groups in total. The van der Waals surface area contributed by atoms with E-state index in [9.17, 15) is 0 Å². The maximum Gasteiger partial charge on any atom is 0.187 e. The van der Waals surface area contributed by atoms with Crippen LogP contribution in [0.3, 0.4) is 0 Å². The van der Waals surface area contributed by atoms with Crippen molar-refractivity contribution in [1.29, 1.82) is 0 Å². The van der Waals surface area contributed by atoms with Crippen molar-refractivity contribution in [2.75, 3.05) is 7.11 Å². The second-order valence-electron chi connectivity index (χ2n) is 6.42. The van der Waals surface area contributed by atoms with Crippen molar-refractivity contribution in [1.82, 2.24) is 5.01 Å². The molecule has 2 aromatic rings. The van der Waals surface area contributed by atoms with E-state index in [-0.39, 0.29) is 12.3 Å². The van der Waals surface area contributed by atoms with Gasteiger partial charge >= 0.3 is 0 Å². The average molecular weight is 357 g/mol. The van der Waals surface area contributed by atoms with E-state index in [0.717, 1.165) is 52.6 Å². The number of hydrogen-bond acceptors (Lipinski definition) is 4. The first-order valence-corrected chi connectivity index (χ1v) is 9.03. The predicted molar refractivity (Wildman–Crippen MR) is 99.5 cm³/mol. The molecular formula is C20H21ClN2O2. The Balaban J connectivity index is 1.69. The van der Waals surface area contributed by atoms with Crippen LogP contribution >= 0.6 is 11.6 Å². The number of rotatable bonds is 4. The van der Waals surface area contributed by atoms with E-state index in [4.69, 9.17) is 26.2 Å². The molecule has 2 heterocycles. The summed E-state index contributed by atoms with van der Waals surface area (Å²) in [6.45, 7) is 2.17. The fraction of sp³-hybridized carbons (Fsp3) is 0.350. The van der Waals surface area contributed by atoms with Gasteiger partial charge in [-0.15, -0.1) is 0 Å². The lowest BCUT2D eigenvalue weighted by atomic mass is 9.96. The monoisotopic (exact) mass is 356 g/mol. The summed E-state index contributed by atoms with van der Waals surface area (Å²) in [5.74, 6) is 1.78. The molecule has 0 unspecified atom stereocenters. The van der Waals surface area contributed by atoms with Crippen LogP contribution in [0.5, 0.6) is 11.5 Å². The Hall–Kier alpha value is -2.20. The van der Waals surface area contributed by atoms with Gasteiger partial charge in [0.25, 0.3) is 0 Å². The summed E-state index contributed by atoms with van der Waals surface area (Å²) >= 11 is 6.23. The van der Waals surface area contributed by atoms with Crippen LogP contribution in [-0.2, 0) is 0 Å². The predicted octanol–water partition coefficient (Wildman–Crippen LogP) is 5.02. The number of ether oxygens (including phenoxy) is 2. The Labute approximate surface area is 153 Å². The molecule has 2 aliphatic heterocycles. The zero-order valence-electron chi connectivity index (χ0n) is 14.4. The Morgan fingerprint density at radius 2 is 2.04 bits per heavy atom. The third kappa shape index (κ3) is 2.95. The van der Waals surface area contributed by atoms with Gasteiger partial charge in [-0.05, 0) is 48.0 Å². The summed E-state index contributed by atoms with van der Waals surface area (Å²) in [4.78, 5) is 0. The standard InChI is InChI=1S/C20H21ClN2O2/c1-3-4-20-23-18(16-11-14(21)7-10-19(16)25-20)12-17(22-23)13-5-8-15(24-2)9-6-13/h5-11,18,20H,3-4,12H2,1-2H3/t18-,20-/m1/s1. The van der Waals surface area contributed by atoms with Gasteiger partial charge in [-0.3, -0.25) is 5.01 Å². The molecule has 25 heavy (non-hydrogen) atoms. The number of halogens is 1. The normalized spacial score (nSPS) is 21.2. The molecule has 2 atom stereocenters. The van der Waals surface area contributed by atoms with Crippen LogP contribution in [-0.4, -0.2) is 24.1 Å². The maximum atomic E-state index is 6.23. The zero-order valence-corrected chi connectivity index (χ0v) is 15.2. The summed E-state index contributed by atoms with van der Waals surface area (Å²) in [6, 6.07) is 14.1. The van der Waals surface area contributed by atoms with Gasteiger partial charge in [-0.1, -0.05) is 24.9 Å². The van der Waals surface area contributed by atoms with E-state index >= 15 is 0 Å². The van der Waals surface area contributed by atoms with Gasteiger partial charge in [0.05, 0.1) is 18.9 Å². The Bertz CT molecular complexity index is 804. The van der Waals surface area contributed by atoms with Gasteiger partial charge in [0.1, 0.15) is 11.5 Å². The molecule has 4 rings (SSSR count). The molecule has 5 heteroatoms. The maximum absolute atomic E-state index is 6.23. The second-order valence-corrected chi connectivity index (χ2v) is 6.85. The smallest absolute Gasteiger partial charge is 0.187 e. The van der Waals surface area contributed by atoms with Gasteiger partial charge in [0, 0.05) is 23.4 Å². The van der Waals surface area contributed by atoms with Crippen molar-refractivity contribution in [3.8, 4) is 11.5 Å². The third-order valence-corrected chi connectivity index (χ3v) is 5.03. The number of methoxy groups -OCH3 is 1. The van der Waals surface area contributed by atoms with Crippen LogP contribution in [0.15, 0.2) is 47.6 Å². The van der Waals surface area contributed by atoms with Gasteiger partial charge in [-0.2, -0.15) is 5.10 Å². The van der Waals surface area contributed by atoms with E-state index in [2.05, 4.69) is 24.1 Å². The molecule has 130 valence electrons. The van der Waals surface area contributed by atoms with Crippen LogP contribution in [0.4, 0.5) is 0 Å². The highest BCUT2D eigenvalue weighted by atomic mass is 35.5. The van der Waals surface area contributed by atoms with Crippen molar-refractivity contribution in [3.05, 3.63) is 58.6 Å². The summed E-state index contributed by atoms with van der Waals surface area (Å²) in [5.41, 5.74) is 3.31. The van der Waals surface area contributed by atoms with Gasteiger partial charge < -0.3 is 9.47 Å². The van der Waals surface area contributed by atoms with Gasteiger partial charge in [-0.25, -0.2) is 0 Å². The topological polar surface area (TPSA) is 34.1 Å². The first kappa shape index (κ1) is 16.3. The Kier molecular flexibility index (Phi) is 4.30. The highest BCUT2D eigenvalue weighted by Gasteiger charge is 2.39. The minimum atomic E-state index is -0.0283. The molecule has 0 aliphatic carbocycles. The Morgan fingerprint density at radius 3 is 2.76 bits per heavy atom. The lowest BCUT2D eigenvalue weighted by Crippen LogP contribution is -2.40. The minimum Gasteiger partial charge on any atom is -0.497 e. The van der Waals surface area contributed by atoms with Crippen LogP contribution in [0.25, 0.3) is 0 Å². The van der Waals surface area contributed by atoms with Crippen LogP contribution < -0.4 is 9.47 Å². The fourth-order valence-electron chi connectivity index (χ4n) is 3.53. The minimum absolute atomic E-state index is 0.0283. The lowest BCUT2D eigenvalue weighted by Gasteiger charge is -2.38. The molecule has 0 fully saturated rings. The van der Waals surface area contributed by atoms with E-state index in [1.54, 1.807) is 7.11 Å². The number of benzene rings is 2. The summed E-state index contributed by atoms with van der Waals surface area (Å²) in [7, 11) is 1.68. The molecular weight excluding hydrogens is 336 g/mol. The molecule has 0 saturated heterocycles. The molecule has 2 aromatic carbocycles. The highest BCUT2D eigenvalue weighted by Crippen LogP contribution is 2.44. The second kappa shape index (κ2) is 6.60. The van der Waals surface area contributed by atoms with E-state index in [1.165, 1.54) is 0 Å². The summed E-state index contributed by atoms with van der Waals surface area (Å²) in [6.07, 6.45) is 2.81. The van der Waals surface area contributed by atoms with Crippen molar-refractivity contribution >= 4 is 17.3 Å². The highest BCUT2D eigenvalue weighted by molar-refractivity contribution is 6.30. The molecule has 0 spiro atoms. The van der Waals surface area contributed by atoms with Gasteiger partial charge in [0.2, 0.25) is 0 Å². The van der Waals surface area contributed by atoms with Crippen molar-refractivity contribution < 1.29 is 9.47 Å². The molecule has 0 amide bonds. The summed E-state index contributed by atoms with van der Waals surface area (Å²) in [5, 5.41) is 7.75. The van der Waals surface area contributed by atoms with Crippen molar-refractivity contribution in [2.24, 2.45) is 5.10 Å². The quantitative estimate of drug-likeness (QED) is 0.771. The van der Waals surface area contributed by atoms with E-state index < -0.39 is 0 Å². The van der Waals surface area contributed by atoms with E-state index in [1.807, 2.05) is 30.3 Å². The molecule has 0 bridgehead atoms. The first-order chi connectivity index (χ1) is 12.2. The third-order valence-electron chi connectivity index (χ3n) is 4.79. The van der Waals surface area contributed by atoms with Crippen LogP contribution in [0, 0.1) is 0 Å². The van der Waals surface area contributed by atoms with Gasteiger partial charge in [0.15, 0.2) is 6.23 Å². The van der Waals surface area contributed by atoms with Crippen molar-refractivity contribution in [2.45, 2.75) is 38.5 Å². The van der Waals surface area contributed by atoms with Crippen LogP contribution in [0.2, 0.25) is 5.02 Å². The number of hydrazone groups is 1.